The van der Waals surface area contributed by atoms with Gasteiger partial charge in [0.15, 0.2) is 0 Å². The van der Waals surface area contributed by atoms with Gasteiger partial charge in [-0.25, -0.2) is 0 Å². The van der Waals surface area contributed by atoms with Crippen LogP contribution in [0.2, 0.25) is 10.0 Å². The van der Waals surface area contributed by atoms with Crippen LogP contribution in [0.5, 0.6) is 0 Å². The summed E-state index contributed by atoms with van der Waals surface area (Å²) in [4.78, 5) is 45.7. The Bertz CT molecular complexity index is 1190. The quantitative estimate of drug-likeness (QED) is 0.590. The number of carbonyl (C=O) groups is 3. The molecule has 0 bridgehead atoms. The molecular weight excluding hydrogens is 501 g/mol. The lowest BCUT2D eigenvalue weighted by atomic mass is 9.95. The fraction of sp³-hybridized carbons (Fsp3) is 0.444. The first-order valence-corrected chi connectivity index (χ1v) is 13.1. The molecule has 0 aliphatic carbocycles. The van der Waals surface area contributed by atoms with Gasteiger partial charge < -0.3 is 14.5 Å². The van der Waals surface area contributed by atoms with Gasteiger partial charge in [-0.15, -0.1) is 0 Å². The van der Waals surface area contributed by atoms with E-state index in [1.807, 2.05) is 30.0 Å². The van der Waals surface area contributed by atoms with E-state index in [4.69, 9.17) is 27.9 Å². The van der Waals surface area contributed by atoms with Crippen LogP contribution in [-0.4, -0.2) is 77.0 Å². The average Bonchev–Trinajstić information content (AvgIpc) is 3.54. The Hall–Kier alpha value is -2.61. The van der Waals surface area contributed by atoms with E-state index in [0.717, 1.165) is 18.4 Å². The Balaban J connectivity index is 1.39. The molecule has 3 amide bonds. The Morgan fingerprint density at radius 2 is 1.56 bits per heavy atom. The van der Waals surface area contributed by atoms with Gasteiger partial charge >= 0.3 is 0 Å². The molecule has 0 aromatic heterocycles. The van der Waals surface area contributed by atoms with Crippen LogP contribution in [-0.2, 0) is 9.53 Å². The molecule has 0 N–H and O–H groups in total. The summed E-state index contributed by atoms with van der Waals surface area (Å²) in [6.45, 7) is 4.30. The second kappa shape index (κ2) is 10.0. The number of hydrogen-bond acceptors (Lipinski definition) is 4. The Kier molecular flexibility index (Phi) is 6.99. The number of halogens is 2. The molecular formula is C27H29Cl2N3O4. The largest absolute Gasteiger partial charge is 0.353 e. The van der Waals surface area contributed by atoms with Crippen molar-refractivity contribution >= 4 is 40.9 Å². The van der Waals surface area contributed by atoms with Crippen LogP contribution >= 0.6 is 23.2 Å². The van der Waals surface area contributed by atoms with Crippen LogP contribution < -0.4 is 0 Å². The van der Waals surface area contributed by atoms with Crippen LogP contribution in [0.4, 0.5) is 0 Å². The second-order valence-electron chi connectivity index (χ2n) is 9.77. The van der Waals surface area contributed by atoms with Gasteiger partial charge in [0.25, 0.3) is 11.8 Å². The van der Waals surface area contributed by atoms with Crippen molar-refractivity contribution in [3.05, 3.63) is 69.2 Å². The molecule has 3 saturated heterocycles. The van der Waals surface area contributed by atoms with E-state index in [9.17, 15) is 14.4 Å². The summed E-state index contributed by atoms with van der Waals surface area (Å²) in [7, 11) is 0. The van der Waals surface area contributed by atoms with E-state index in [1.165, 1.54) is 0 Å². The zero-order chi connectivity index (χ0) is 25.4. The molecule has 2 aromatic carbocycles. The summed E-state index contributed by atoms with van der Waals surface area (Å²) in [5.41, 5.74) is 1.03. The fourth-order valence-electron chi connectivity index (χ4n) is 5.49. The molecule has 3 heterocycles. The molecule has 5 rings (SSSR count). The molecule has 190 valence electrons. The fourth-order valence-corrected chi connectivity index (χ4v) is 5.79. The lowest BCUT2D eigenvalue weighted by molar-refractivity contribution is -0.136. The molecule has 0 saturated carbocycles. The van der Waals surface area contributed by atoms with Crippen LogP contribution in [0.3, 0.4) is 0 Å². The number of rotatable bonds is 3. The third-order valence-corrected chi connectivity index (χ3v) is 8.18. The van der Waals surface area contributed by atoms with Crippen molar-refractivity contribution in [1.82, 2.24) is 14.7 Å². The van der Waals surface area contributed by atoms with Crippen molar-refractivity contribution in [2.45, 2.75) is 44.4 Å². The first-order chi connectivity index (χ1) is 17.3. The smallest absolute Gasteiger partial charge is 0.256 e. The highest BCUT2D eigenvalue weighted by molar-refractivity contribution is 6.42. The molecule has 0 radical (unpaired) electrons. The van der Waals surface area contributed by atoms with Gasteiger partial charge in [0.05, 0.1) is 16.7 Å². The van der Waals surface area contributed by atoms with E-state index in [1.54, 1.807) is 34.1 Å². The van der Waals surface area contributed by atoms with Gasteiger partial charge in [-0.1, -0.05) is 40.9 Å². The summed E-state index contributed by atoms with van der Waals surface area (Å²) < 4.78 is 6.31. The minimum atomic E-state index is -0.935. The van der Waals surface area contributed by atoms with Crippen LogP contribution in [0.1, 0.15) is 52.0 Å². The molecule has 2 aromatic rings. The van der Waals surface area contributed by atoms with Crippen molar-refractivity contribution in [2.24, 2.45) is 0 Å². The predicted molar refractivity (Wildman–Crippen MR) is 137 cm³/mol. The number of nitrogens with zero attached hydrogens (tertiary/aromatic N) is 3. The monoisotopic (exact) mass is 529 g/mol. The lowest BCUT2D eigenvalue weighted by Gasteiger charge is -2.44. The third kappa shape index (κ3) is 4.60. The minimum absolute atomic E-state index is 0.0558. The normalized spacial score (nSPS) is 21.3. The molecule has 1 spiro atoms. The number of benzene rings is 2. The molecule has 3 fully saturated rings. The van der Waals surface area contributed by atoms with E-state index in [2.05, 4.69) is 0 Å². The Labute approximate surface area is 220 Å². The average molecular weight is 530 g/mol. The molecule has 3 aliphatic rings. The van der Waals surface area contributed by atoms with Gasteiger partial charge in [0, 0.05) is 50.1 Å². The highest BCUT2D eigenvalue weighted by Crippen LogP contribution is 2.39. The van der Waals surface area contributed by atoms with Crippen molar-refractivity contribution in [2.75, 3.05) is 32.8 Å². The number of piperidine rings is 1. The summed E-state index contributed by atoms with van der Waals surface area (Å²) in [5, 5.41) is 0.720. The summed E-state index contributed by atoms with van der Waals surface area (Å²) in [5.74, 6) is -0.416. The van der Waals surface area contributed by atoms with Crippen LogP contribution in [0.25, 0.3) is 0 Å². The number of hydrogen-bond donors (Lipinski definition) is 0. The highest BCUT2D eigenvalue weighted by Gasteiger charge is 2.55. The Morgan fingerprint density at radius 3 is 2.22 bits per heavy atom. The number of amides is 3. The van der Waals surface area contributed by atoms with Crippen molar-refractivity contribution in [1.29, 1.82) is 0 Å². The molecule has 9 heteroatoms. The zero-order valence-corrected chi connectivity index (χ0v) is 21.7. The highest BCUT2D eigenvalue weighted by atomic mass is 35.5. The maximum absolute atomic E-state index is 13.9. The van der Waals surface area contributed by atoms with E-state index < -0.39 is 11.8 Å². The number of ether oxygens (including phenoxy) is 1. The number of likely N-dealkylation sites (tertiary alicyclic amines) is 2. The number of aryl methyl sites for hydroxylation is 1. The number of carbonyl (C=O) groups excluding carboxylic acids is 3. The molecule has 36 heavy (non-hydrogen) atoms. The maximum Gasteiger partial charge on any atom is 0.256 e. The van der Waals surface area contributed by atoms with Crippen LogP contribution in [0, 0.1) is 6.92 Å². The van der Waals surface area contributed by atoms with Gasteiger partial charge in [-0.05, 0) is 50.1 Å². The van der Waals surface area contributed by atoms with Crippen molar-refractivity contribution < 1.29 is 19.1 Å². The molecule has 0 unspecified atom stereocenters. The topological polar surface area (TPSA) is 70.2 Å². The maximum atomic E-state index is 13.9. The standard InChI is InChI=1S/C27H29Cl2N3O4/c1-18-5-4-6-19(15-18)25(34)32-23(26(35)30-11-2-3-12-30)17-36-27(32)9-13-31(14-10-27)24(33)20-7-8-21(28)22(29)16-20/h4-8,15-16,23H,2-3,9-14,17H2,1H3/t23-/m0/s1. The second-order valence-corrected chi connectivity index (χ2v) is 10.6. The molecule has 7 nitrogen and oxygen atoms in total. The van der Waals surface area contributed by atoms with E-state index in [-0.39, 0.29) is 24.3 Å². The van der Waals surface area contributed by atoms with E-state index in [0.29, 0.717) is 60.2 Å². The third-order valence-electron chi connectivity index (χ3n) is 7.45. The van der Waals surface area contributed by atoms with E-state index >= 15 is 0 Å². The van der Waals surface area contributed by atoms with Gasteiger partial charge in [0.1, 0.15) is 11.8 Å². The predicted octanol–water partition coefficient (Wildman–Crippen LogP) is 4.40. The summed E-state index contributed by atoms with van der Waals surface area (Å²) in [6.07, 6.45) is 2.78. The lowest BCUT2D eigenvalue weighted by Crippen LogP contribution is -2.60. The van der Waals surface area contributed by atoms with Gasteiger partial charge in [-0.2, -0.15) is 0 Å². The van der Waals surface area contributed by atoms with Gasteiger partial charge in [0.2, 0.25) is 5.91 Å². The van der Waals surface area contributed by atoms with Crippen molar-refractivity contribution in [3.63, 3.8) is 0 Å². The zero-order valence-electron chi connectivity index (χ0n) is 20.2. The first kappa shape index (κ1) is 25.1. The van der Waals surface area contributed by atoms with Crippen LogP contribution in [0.15, 0.2) is 42.5 Å². The van der Waals surface area contributed by atoms with Gasteiger partial charge in [-0.3, -0.25) is 19.3 Å². The minimum Gasteiger partial charge on any atom is -0.353 e. The van der Waals surface area contributed by atoms with Crippen molar-refractivity contribution in [3.8, 4) is 0 Å². The summed E-state index contributed by atoms with van der Waals surface area (Å²) >= 11 is 12.1. The molecule has 3 aliphatic heterocycles. The Morgan fingerprint density at radius 1 is 0.861 bits per heavy atom. The molecule has 1 atom stereocenters. The SMILES string of the molecule is Cc1cccc(C(=O)N2[C@H](C(=O)N3CCCC3)COC23CCN(C(=O)c2ccc(Cl)c(Cl)c2)CC3)c1. The summed E-state index contributed by atoms with van der Waals surface area (Å²) in [6, 6.07) is 11.6. The first-order valence-electron chi connectivity index (χ1n) is 12.4.